The lowest BCUT2D eigenvalue weighted by molar-refractivity contribution is -0.124. The number of fused-ring (bicyclic) bond motifs is 1. The average molecular weight is 415 g/mol. The fraction of sp³-hybridized carbons (Fsp3) is 0.478. The third kappa shape index (κ3) is 4.87. The fourth-order valence-electron chi connectivity index (χ4n) is 3.89. The molecule has 2 aromatic rings. The monoisotopic (exact) mass is 414 g/mol. The Hall–Kier alpha value is -2.18. The van der Waals surface area contributed by atoms with E-state index in [9.17, 15) is 9.59 Å². The van der Waals surface area contributed by atoms with Gasteiger partial charge in [-0.25, -0.2) is 0 Å². The molecule has 0 radical (unpaired) electrons. The predicted octanol–water partition coefficient (Wildman–Crippen LogP) is 4.23. The molecule has 1 aliphatic rings. The number of nitrogens with zero attached hydrogens (tertiary/aromatic N) is 1. The van der Waals surface area contributed by atoms with Crippen LogP contribution in [0.1, 0.15) is 60.0 Å². The number of carbonyl (C=O) groups excluding carboxylic acids is 2. The number of rotatable bonds is 9. The minimum atomic E-state index is -0.423. The van der Waals surface area contributed by atoms with E-state index in [0.29, 0.717) is 37.8 Å². The van der Waals surface area contributed by atoms with Crippen LogP contribution < -0.4 is 5.32 Å². The summed E-state index contributed by atoms with van der Waals surface area (Å²) in [6, 6.07) is 11.3. The SMILES string of the molecule is CCOCCCNC(=O)[C@H]1c2ccccc2C(=O)N(CC(C)C)[C@H]1c1cccs1. The summed E-state index contributed by atoms with van der Waals surface area (Å²) in [7, 11) is 0. The van der Waals surface area contributed by atoms with Crippen molar-refractivity contribution in [1.29, 1.82) is 0 Å². The van der Waals surface area contributed by atoms with E-state index in [2.05, 4.69) is 19.2 Å². The molecule has 1 aromatic heterocycles. The minimum absolute atomic E-state index is 0.00750. The van der Waals surface area contributed by atoms with Gasteiger partial charge in [-0.05, 0) is 42.3 Å². The number of nitrogens with one attached hydrogen (secondary N) is 1. The second-order valence-electron chi connectivity index (χ2n) is 7.72. The van der Waals surface area contributed by atoms with Crippen molar-refractivity contribution < 1.29 is 14.3 Å². The van der Waals surface area contributed by atoms with Crippen molar-refractivity contribution in [2.45, 2.75) is 39.2 Å². The lowest BCUT2D eigenvalue weighted by Gasteiger charge is -2.42. The standard InChI is InChI=1S/C23H30N2O3S/c1-4-28-13-8-12-24-22(26)20-17-9-5-6-10-18(17)23(27)25(15-16(2)3)21(20)19-11-7-14-29-19/h5-7,9-11,14,16,20-21H,4,8,12-13,15H2,1-3H3,(H,24,26)/t20-,21-/m0/s1. The summed E-state index contributed by atoms with van der Waals surface area (Å²) in [6.45, 7) is 8.64. The number of amides is 2. The molecule has 29 heavy (non-hydrogen) atoms. The summed E-state index contributed by atoms with van der Waals surface area (Å²) in [5.74, 6) is -0.142. The van der Waals surface area contributed by atoms with Crippen LogP contribution in [0, 0.1) is 5.92 Å². The molecule has 6 heteroatoms. The number of thiophene rings is 1. The number of hydrogen-bond donors (Lipinski definition) is 1. The van der Waals surface area contributed by atoms with Crippen molar-refractivity contribution in [2.75, 3.05) is 26.3 Å². The zero-order valence-electron chi connectivity index (χ0n) is 17.4. The van der Waals surface area contributed by atoms with E-state index >= 15 is 0 Å². The van der Waals surface area contributed by atoms with E-state index in [1.807, 2.05) is 53.6 Å². The first kappa shape index (κ1) is 21.5. The Morgan fingerprint density at radius 3 is 2.72 bits per heavy atom. The number of ether oxygens (including phenoxy) is 1. The van der Waals surface area contributed by atoms with Gasteiger partial charge in [-0.2, -0.15) is 0 Å². The summed E-state index contributed by atoms with van der Waals surface area (Å²) < 4.78 is 5.37. The van der Waals surface area contributed by atoms with Gasteiger partial charge in [0.25, 0.3) is 5.91 Å². The summed E-state index contributed by atoms with van der Waals surface area (Å²) in [5.41, 5.74) is 1.45. The normalized spacial score (nSPS) is 18.8. The molecule has 0 saturated heterocycles. The average Bonchev–Trinajstić information content (AvgIpc) is 3.23. The summed E-state index contributed by atoms with van der Waals surface area (Å²) in [5, 5.41) is 5.09. The zero-order valence-corrected chi connectivity index (χ0v) is 18.2. The summed E-state index contributed by atoms with van der Waals surface area (Å²) in [4.78, 5) is 29.6. The third-order valence-corrected chi connectivity index (χ3v) is 6.03. The van der Waals surface area contributed by atoms with Gasteiger partial charge in [0.05, 0.1) is 12.0 Å². The Morgan fingerprint density at radius 1 is 1.24 bits per heavy atom. The van der Waals surface area contributed by atoms with Crippen LogP contribution in [0.3, 0.4) is 0 Å². The zero-order chi connectivity index (χ0) is 20.8. The Balaban J connectivity index is 1.95. The first-order chi connectivity index (χ1) is 14.0. The largest absolute Gasteiger partial charge is 0.382 e. The van der Waals surface area contributed by atoms with Crippen LogP contribution in [-0.4, -0.2) is 43.0 Å². The van der Waals surface area contributed by atoms with Gasteiger partial charge >= 0.3 is 0 Å². The Labute approximate surface area is 177 Å². The molecule has 5 nitrogen and oxygen atoms in total. The van der Waals surface area contributed by atoms with Crippen molar-refractivity contribution in [3.05, 3.63) is 57.8 Å². The van der Waals surface area contributed by atoms with Crippen molar-refractivity contribution in [1.82, 2.24) is 10.2 Å². The van der Waals surface area contributed by atoms with Crippen LogP contribution in [0.15, 0.2) is 41.8 Å². The van der Waals surface area contributed by atoms with E-state index in [1.165, 1.54) is 0 Å². The summed E-state index contributed by atoms with van der Waals surface area (Å²) in [6.07, 6.45) is 0.770. The number of carbonyl (C=O) groups is 2. The van der Waals surface area contributed by atoms with E-state index in [-0.39, 0.29) is 17.9 Å². The number of benzene rings is 1. The van der Waals surface area contributed by atoms with Gasteiger partial charge in [0.2, 0.25) is 5.91 Å². The summed E-state index contributed by atoms with van der Waals surface area (Å²) >= 11 is 1.60. The molecule has 156 valence electrons. The number of hydrogen-bond acceptors (Lipinski definition) is 4. The highest BCUT2D eigenvalue weighted by molar-refractivity contribution is 7.10. The molecule has 0 spiro atoms. The molecule has 2 amide bonds. The predicted molar refractivity (Wildman–Crippen MR) is 116 cm³/mol. The van der Waals surface area contributed by atoms with Gasteiger partial charge < -0.3 is 15.0 Å². The quantitative estimate of drug-likeness (QED) is 0.625. The molecule has 0 aliphatic carbocycles. The maximum atomic E-state index is 13.4. The highest BCUT2D eigenvalue weighted by Crippen LogP contribution is 2.44. The van der Waals surface area contributed by atoms with Crippen LogP contribution in [0.2, 0.25) is 0 Å². The molecule has 0 fully saturated rings. The Morgan fingerprint density at radius 2 is 2.03 bits per heavy atom. The topological polar surface area (TPSA) is 58.6 Å². The molecule has 1 aliphatic heterocycles. The van der Waals surface area contributed by atoms with Gasteiger partial charge in [0.1, 0.15) is 0 Å². The van der Waals surface area contributed by atoms with E-state index < -0.39 is 5.92 Å². The lowest BCUT2D eigenvalue weighted by atomic mass is 9.81. The Kier molecular flexibility index (Phi) is 7.45. The molecule has 0 saturated carbocycles. The first-order valence-corrected chi connectivity index (χ1v) is 11.2. The van der Waals surface area contributed by atoms with Crippen LogP contribution >= 0.6 is 11.3 Å². The molecule has 2 atom stereocenters. The first-order valence-electron chi connectivity index (χ1n) is 10.3. The van der Waals surface area contributed by atoms with Gasteiger partial charge in [-0.15, -0.1) is 11.3 Å². The van der Waals surface area contributed by atoms with Crippen LogP contribution in [-0.2, 0) is 9.53 Å². The third-order valence-electron chi connectivity index (χ3n) is 5.09. The molecule has 0 unspecified atom stereocenters. The highest BCUT2D eigenvalue weighted by atomic mass is 32.1. The van der Waals surface area contributed by atoms with Crippen LogP contribution in [0.5, 0.6) is 0 Å². The molecule has 1 aromatic carbocycles. The van der Waals surface area contributed by atoms with Gasteiger partial charge in [0, 0.05) is 36.7 Å². The fourth-order valence-corrected chi connectivity index (χ4v) is 4.76. The van der Waals surface area contributed by atoms with Crippen molar-refractivity contribution in [2.24, 2.45) is 5.92 Å². The second kappa shape index (κ2) is 10.0. The smallest absolute Gasteiger partial charge is 0.254 e. The minimum Gasteiger partial charge on any atom is -0.382 e. The van der Waals surface area contributed by atoms with E-state index in [1.54, 1.807) is 11.3 Å². The van der Waals surface area contributed by atoms with Gasteiger partial charge in [-0.3, -0.25) is 9.59 Å². The molecular weight excluding hydrogens is 384 g/mol. The second-order valence-corrected chi connectivity index (χ2v) is 8.70. The molecule has 3 rings (SSSR count). The van der Waals surface area contributed by atoms with E-state index in [4.69, 9.17) is 4.74 Å². The lowest BCUT2D eigenvalue weighted by Crippen LogP contribution is -2.48. The molecular formula is C23H30N2O3S. The molecule has 1 N–H and O–H groups in total. The van der Waals surface area contributed by atoms with Crippen molar-refractivity contribution in [3.63, 3.8) is 0 Å². The van der Waals surface area contributed by atoms with Crippen LogP contribution in [0.4, 0.5) is 0 Å². The van der Waals surface area contributed by atoms with Crippen molar-refractivity contribution >= 4 is 23.2 Å². The maximum absolute atomic E-state index is 13.4. The van der Waals surface area contributed by atoms with Gasteiger partial charge in [-0.1, -0.05) is 38.1 Å². The van der Waals surface area contributed by atoms with Gasteiger partial charge in [0.15, 0.2) is 0 Å². The molecule has 0 bridgehead atoms. The van der Waals surface area contributed by atoms with Crippen molar-refractivity contribution in [3.8, 4) is 0 Å². The van der Waals surface area contributed by atoms with Crippen LogP contribution in [0.25, 0.3) is 0 Å². The Bertz CT molecular complexity index is 819. The maximum Gasteiger partial charge on any atom is 0.254 e. The molecule has 2 heterocycles. The highest BCUT2D eigenvalue weighted by Gasteiger charge is 2.44. The van der Waals surface area contributed by atoms with E-state index in [0.717, 1.165) is 16.9 Å².